The lowest BCUT2D eigenvalue weighted by Gasteiger charge is -2.17. The first-order chi connectivity index (χ1) is 10.9. The van der Waals surface area contributed by atoms with Gasteiger partial charge in [0.15, 0.2) is 0 Å². The molecular weight excluding hydrogens is 307 g/mol. The summed E-state index contributed by atoms with van der Waals surface area (Å²) in [6.07, 6.45) is -1.05. The molecule has 1 aliphatic carbocycles. The normalized spacial score (nSPS) is 21.7. The van der Waals surface area contributed by atoms with Crippen LogP contribution in [-0.4, -0.2) is 36.6 Å². The fourth-order valence-corrected chi connectivity index (χ4v) is 2.79. The predicted octanol–water partition coefficient (Wildman–Crippen LogP) is 3.28. The Bertz CT molecular complexity index is 569. The fourth-order valence-electron chi connectivity index (χ4n) is 2.79. The third-order valence-corrected chi connectivity index (χ3v) is 4.37. The van der Waals surface area contributed by atoms with Crippen LogP contribution in [-0.2, 0) is 22.1 Å². The van der Waals surface area contributed by atoms with Gasteiger partial charge in [-0.1, -0.05) is 18.2 Å². The van der Waals surface area contributed by atoms with Gasteiger partial charge in [-0.25, -0.2) is 0 Å². The molecule has 1 aromatic rings. The average Bonchev–Trinajstić information content (AvgIpc) is 3.21. The monoisotopic (exact) mass is 327 g/mol. The van der Waals surface area contributed by atoms with Crippen LogP contribution in [0.15, 0.2) is 24.3 Å². The molecule has 1 aliphatic heterocycles. The molecule has 2 fully saturated rings. The van der Waals surface area contributed by atoms with Gasteiger partial charge in [-0.3, -0.25) is 4.79 Å². The standard InChI is InChI=1S/C17H20F3NO2/c18-17(19,20)14-3-1-2-13(8-14)9-16(22)21-7-6-15(10-21)23-11-12-4-5-12/h1-3,8,12,15H,4-7,9-11H2/t15-/m1/s1. The number of nitrogens with zero attached hydrogens (tertiary/aromatic N) is 1. The number of halogens is 3. The summed E-state index contributed by atoms with van der Waals surface area (Å²) < 4.78 is 43.9. The molecule has 2 aliphatic rings. The first kappa shape index (κ1) is 16.3. The Hall–Kier alpha value is -1.56. The summed E-state index contributed by atoms with van der Waals surface area (Å²) in [6, 6.07) is 4.97. The van der Waals surface area contributed by atoms with Crippen LogP contribution in [0, 0.1) is 5.92 Å². The Morgan fingerprint density at radius 3 is 2.74 bits per heavy atom. The molecule has 0 spiro atoms. The predicted molar refractivity (Wildman–Crippen MR) is 78.8 cm³/mol. The number of benzene rings is 1. The summed E-state index contributed by atoms with van der Waals surface area (Å²) in [5, 5.41) is 0. The quantitative estimate of drug-likeness (QED) is 0.831. The topological polar surface area (TPSA) is 29.5 Å². The third-order valence-electron chi connectivity index (χ3n) is 4.37. The molecule has 3 rings (SSSR count). The first-order valence-electron chi connectivity index (χ1n) is 7.97. The molecule has 6 heteroatoms. The Balaban J connectivity index is 1.52. The van der Waals surface area contributed by atoms with Crippen LogP contribution in [0.5, 0.6) is 0 Å². The van der Waals surface area contributed by atoms with Gasteiger partial charge >= 0.3 is 6.18 Å². The van der Waals surface area contributed by atoms with Crippen LogP contribution in [0.1, 0.15) is 30.4 Å². The van der Waals surface area contributed by atoms with Crippen LogP contribution in [0.2, 0.25) is 0 Å². The first-order valence-corrected chi connectivity index (χ1v) is 7.97. The highest BCUT2D eigenvalue weighted by molar-refractivity contribution is 5.79. The number of carbonyl (C=O) groups is 1. The second-order valence-electron chi connectivity index (χ2n) is 6.40. The van der Waals surface area contributed by atoms with Crippen molar-refractivity contribution in [3.63, 3.8) is 0 Å². The molecule has 3 nitrogen and oxygen atoms in total. The summed E-state index contributed by atoms with van der Waals surface area (Å²) in [5.74, 6) is 0.548. The van der Waals surface area contributed by atoms with Gasteiger partial charge in [-0.05, 0) is 36.8 Å². The highest BCUT2D eigenvalue weighted by Crippen LogP contribution is 2.31. The van der Waals surface area contributed by atoms with Gasteiger partial charge in [0.2, 0.25) is 5.91 Å². The number of likely N-dealkylation sites (tertiary alicyclic amines) is 1. The summed E-state index contributed by atoms with van der Waals surface area (Å²) in [6.45, 7) is 1.93. The molecule has 1 aromatic carbocycles. The maximum absolute atomic E-state index is 12.7. The molecule has 1 atom stereocenters. The van der Waals surface area contributed by atoms with Gasteiger partial charge in [-0.2, -0.15) is 13.2 Å². The van der Waals surface area contributed by atoms with E-state index in [1.165, 1.54) is 18.9 Å². The molecule has 1 saturated heterocycles. The molecular formula is C17H20F3NO2. The molecule has 0 aromatic heterocycles. The van der Waals surface area contributed by atoms with Gasteiger partial charge in [0, 0.05) is 19.7 Å². The number of amides is 1. The van der Waals surface area contributed by atoms with Crippen LogP contribution in [0.4, 0.5) is 13.2 Å². The van der Waals surface area contributed by atoms with Crippen LogP contribution in [0.3, 0.4) is 0 Å². The fraction of sp³-hybridized carbons (Fsp3) is 0.588. The molecule has 1 saturated carbocycles. The van der Waals surface area contributed by atoms with Crippen molar-refractivity contribution in [2.75, 3.05) is 19.7 Å². The lowest BCUT2D eigenvalue weighted by molar-refractivity contribution is -0.138. The van der Waals surface area contributed by atoms with Crippen LogP contribution in [0.25, 0.3) is 0 Å². The number of ether oxygens (including phenoxy) is 1. The Kier molecular flexibility index (Phi) is 4.62. The van der Waals surface area contributed by atoms with Crippen LogP contribution < -0.4 is 0 Å². The average molecular weight is 327 g/mol. The van der Waals surface area contributed by atoms with Crippen molar-refractivity contribution < 1.29 is 22.7 Å². The number of hydrogen-bond donors (Lipinski definition) is 0. The van der Waals surface area contributed by atoms with Crippen molar-refractivity contribution in [2.45, 2.75) is 38.0 Å². The zero-order valence-electron chi connectivity index (χ0n) is 12.8. The van der Waals surface area contributed by atoms with E-state index in [-0.39, 0.29) is 18.4 Å². The molecule has 0 unspecified atom stereocenters. The number of alkyl halides is 3. The Labute approximate surface area is 133 Å². The van der Waals surface area contributed by atoms with Gasteiger partial charge < -0.3 is 9.64 Å². The molecule has 0 bridgehead atoms. The van der Waals surface area contributed by atoms with E-state index in [0.29, 0.717) is 24.6 Å². The minimum Gasteiger partial charge on any atom is -0.376 e. The maximum atomic E-state index is 12.7. The van der Waals surface area contributed by atoms with Crippen molar-refractivity contribution in [2.24, 2.45) is 5.92 Å². The lowest BCUT2D eigenvalue weighted by atomic mass is 10.1. The smallest absolute Gasteiger partial charge is 0.376 e. The van der Waals surface area contributed by atoms with E-state index in [1.54, 1.807) is 11.0 Å². The second kappa shape index (κ2) is 6.51. The van der Waals surface area contributed by atoms with Gasteiger partial charge in [-0.15, -0.1) is 0 Å². The van der Waals surface area contributed by atoms with E-state index < -0.39 is 11.7 Å². The van der Waals surface area contributed by atoms with Crippen LogP contribution >= 0.6 is 0 Å². The van der Waals surface area contributed by atoms with E-state index >= 15 is 0 Å². The summed E-state index contributed by atoms with van der Waals surface area (Å²) in [7, 11) is 0. The van der Waals surface area contributed by atoms with E-state index in [1.807, 2.05) is 0 Å². The second-order valence-corrected chi connectivity index (χ2v) is 6.40. The van der Waals surface area contributed by atoms with Gasteiger partial charge in [0.1, 0.15) is 0 Å². The number of hydrogen-bond acceptors (Lipinski definition) is 2. The molecule has 0 radical (unpaired) electrons. The third kappa shape index (κ3) is 4.47. The zero-order valence-corrected chi connectivity index (χ0v) is 12.8. The van der Waals surface area contributed by atoms with Gasteiger partial charge in [0.25, 0.3) is 0 Å². The van der Waals surface area contributed by atoms with Crippen molar-refractivity contribution in [3.05, 3.63) is 35.4 Å². The number of carbonyl (C=O) groups excluding carboxylic acids is 1. The van der Waals surface area contributed by atoms with Crippen molar-refractivity contribution in [3.8, 4) is 0 Å². The molecule has 126 valence electrons. The summed E-state index contributed by atoms with van der Waals surface area (Å²) in [5.41, 5.74) is -0.318. The van der Waals surface area contributed by atoms with Crippen molar-refractivity contribution in [1.29, 1.82) is 0 Å². The summed E-state index contributed by atoms with van der Waals surface area (Å²) in [4.78, 5) is 14.0. The Morgan fingerprint density at radius 1 is 1.26 bits per heavy atom. The minimum atomic E-state index is -4.38. The highest BCUT2D eigenvalue weighted by atomic mass is 19.4. The van der Waals surface area contributed by atoms with Crippen molar-refractivity contribution >= 4 is 5.91 Å². The SMILES string of the molecule is O=C(Cc1cccc(C(F)(F)F)c1)N1CC[C@@H](OCC2CC2)C1. The minimum absolute atomic E-state index is 0.000729. The lowest BCUT2D eigenvalue weighted by Crippen LogP contribution is -2.31. The number of rotatable bonds is 5. The largest absolute Gasteiger partial charge is 0.416 e. The van der Waals surface area contributed by atoms with Gasteiger partial charge in [0.05, 0.1) is 18.1 Å². The zero-order chi connectivity index (χ0) is 16.4. The van der Waals surface area contributed by atoms with Crippen molar-refractivity contribution in [1.82, 2.24) is 4.90 Å². The maximum Gasteiger partial charge on any atom is 0.416 e. The summed E-state index contributed by atoms with van der Waals surface area (Å²) >= 11 is 0. The van der Waals surface area contributed by atoms with E-state index in [4.69, 9.17) is 4.74 Å². The molecule has 1 amide bonds. The molecule has 1 heterocycles. The highest BCUT2D eigenvalue weighted by Gasteiger charge is 2.32. The van der Waals surface area contributed by atoms with E-state index in [9.17, 15) is 18.0 Å². The Morgan fingerprint density at radius 2 is 2.04 bits per heavy atom. The molecule has 23 heavy (non-hydrogen) atoms. The van der Waals surface area contributed by atoms with E-state index in [2.05, 4.69) is 0 Å². The molecule has 0 N–H and O–H groups in total. The van der Waals surface area contributed by atoms with E-state index in [0.717, 1.165) is 25.2 Å².